The molecule has 0 aliphatic rings. The standard InChI is InChI=1S/C14H20N2OS/c1-14(17,11-18-2)10-16-9-13(8-15)12-6-4-3-5-7-12/h3-7,13,16-17H,9-11H2,1-2H3. The Kier molecular flexibility index (Phi) is 6.20. The zero-order valence-electron chi connectivity index (χ0n) is 10.9. The summed E-state index contributed by atoms with van der Waals surface area (Å²) in [4.78, 5) is 0. The van der Waals surface area contributed by atoms with Crippen LogP contribution in [-0.2, 0) is 0 Å². The Bertz CT molecular complexity index is 387. The highest BCUT2D eigenvalue weighted by atomic mass is 32.2. The first-order chi connectivity index (χ1) is 8.59. The predicted molar refractivity (Wildman–Crippen MR) is 76.7 cm³/mol. The molecule has 0 amide bonds. The quantitative estimate of drug-likeness (QED) is 0.791. The van der Waals surface area contributed by atoms with Crippen LogP contribution in [0.3, 0.4) is 0 Å². The highest BCUT2D eigenvalue weighted by Crippen LogP contribution is 2.14. The van der Waals surface area contributed by atoms with Crippen LogP contribution in [0.4, 0.5) is 0 Å². The van der Waals surface area contributed by atoms with Gasteiger partial charge in [0.05, 0.1) is 17.6 Å². The van der Waals surface area contributed by atoms with Gasteiger partial charge in [0.25, 0.3) is 0 Å². The van der Waals surface area contributed by atoms with Crippen molar-refractivity contribution in [2.45, 2.75) is 18.4 Å². The number of nitrogens with one attached hydrogen (secondary N) is 1. The van der Waals surface area contributed by atoms with Crippen LogP contribution in [0.1, 0.15) is 18.4 Å². The summed E-state index contributed by atoms with van der Waals surface area (Å²) in [7, 11) is 0. The van der Waals surface area contributed by atoms with E-state index in [0.29, 0.717) is 18.8 Å². The number of nitrogens with zero attached hydrogens (tertiary/aromatic N) is 1. The molecule has 0 aliphatic heterocycles. The van der Waals surface area contributed by atoms with Crippen molar-refractivity contribution >= 4 is 11.8 Å². The molecule has 2 N–H and O–H groups in total. The third kappa shape index (κ3) is 5.09. The fourth-order valence-corrected chi connectivity index (χ4v) is 2.50. The lowest BCUT2D eigenvalue weighted by Gasteiger charge is -2.23. The summed E-state index contributed by atoms with van der Waals surface area (Å²) in [5.41, 5.74) is 0.285. The van der Waals surface area contributed by atoms with Gasteiger partial charge in [-0.2, -0.15) is 17.0 Å². The van der Waals surface area contributed by atoms with Crippen LogP contribution in [0.2, 0.25) is 0 Å². The topological polar surface area (TPSA) is 56.0 Å². The van der Waals surface area contributed by atoms with Crippen molar-refractivity contribution in [3.05, 3.63) is 35.9 Å². The van der Waals surface area contributed by atoms with Gasteiger partial charge in [0.1, 0.15) is 0 Å². The number of benzene rings is 1. The van der Waals surface area contributed by atoms with Crippen molar-refractivity contribution in [3.8, 4) is 6.07 Å². The van der Waals surface area contributed by atoms with E-state index in [1.165, 1.54) is 0 Å². The Morgan fingerprint density at radius 2 is 2.11 bits per heavy atom. The number of rotatable bonds is 7. The van der Waals surface area contributed by atoms with Crippen LogP contribution >= 0.6 is 11.8 Å². The van der Waals surface area contributed by atoms with Crippen molar-refractivity contribution in [1.82, 2.24) is 5.32 Å². The Balaban J connectivity index is 2.45. The molecule has 0 spiro atoms. The minimum absolute atomic E-state index is 0.170. The van der Waals surface area contributed by atoms with Gasteiger partial charge in [-0.3, -0.25) is 0 Å². The van der Waals surface area contributed by atoms with Gasteiger partial charge in [-0.1, -0.05) is 30.3 Å². The number of aliphatic hydroxyl groups is 1. The van der Waals surface area contributed by atoms with E-state index in [1.807, 2.05) is 36.6 Å². The van der Waals surface area contributed by atoms with E-state index < -0.39 is 5.60 Å². The maximum Gasteiger partial charge on any atom is 0.0837 e. The monoisotopic (exact) mass is 264 g/mol. The van der Waals surface area contributed by atoms with Gasteiger partial charge in [-0.15, -0.1) is 0 Å². The lowest BCUT2D eigenvalue weighted by molar-refractivity contribution is 0.0850. The molecule has 2 unspecified atom stereocenters. The van der Waals surface area contributed by atoms with Gasteiger partial charge in [-0.25, -0.2) is 0 Å². The third-order valence-corrected chi connectivity index (χ3v) is 3.58. The van der Waals surface area contributed by atoms with Crippen LogP contribution < -0.4 is 5.32 Å². The van der Waals surface area contributed by atoms with Crippen molar-refractivity contribution < 1.29 is 5.11 Å². The zero-order chi connectivity index (χ0) is 13.4. The van der Waals surface area contributed by atoms with Crippen LogP contribution in [0, 0.1) is 11.3 Å². The second-order valence-corrected chi connectivity index (χ2v) is 5.52. The molecule has 18 heavy (non-hydrogen) atoms. The Morgan fingerprint density at radius 3 is 2.67 bits per heavy atom. The van der Waals surface area contributed by atoms with E-state index >= 15 is 0 Å². The highest BCUT2D eigenvalue weighted by molar-refractivity contribution is 7.98. The molecule has 0 aliphatic carbocycles. The first kappa shape index (κ1) is 15.0. The van der Waals surface area contributed by atoms with E-state index in [1.54, 1.807) is 18.7 Å². The summed E-state index contributed by atoms with van der Waals surface area (Å²) in [6.07, 6.45) is 1.97. The van der Waals surface area contributed by atoms with Crippen molar-refractivity contribution in [2.24, 2.45) is 0 Å². The average Bonchev–Trinajstić information content (AvgIpc) is 2.35. The minimum Gasteiger partial charge on any atom is -0.388 e. The molecular formula is C14H20N2OS. The number of hydrogen-bond donors (Lipinski definition) is 2. The summed E-state index contributed by atoms with van der Waals surface area (Å²) >= 11 is 1.61. The molecule has 1 aromatic carbocycles. The van der Waals surface area contributed by atoms with Gasteiger partial charge in [0.15, 0.2) is 0 Å². The van der Waals surface area contributed by atoms with Crippen LogP contribution in [0.5, 0.6) is 0 Å². The fourth-order valence-electron chi connectivity index (χ4n) is 1.77. The molecule has 3 nitrogen and oxygen atoms in total. The number of hydrogen-bond acceptors (Lipinski definition) is 4. The second-order valence-electron chi connectivity index (χ2n) is 4.65. The molecule has 98 valence electrons. The van der Waals surface area contributed by atoms with Crippen molar-refractivity contribution in [2.75, 3.05) is 25.1 Å². The summed E-state index contributed by atoms with van der Waals surface area (Å²) in [6.45, 7) is 2.87. The van der Waals surface area contributed by atoms with Gasteiger partial charge in [0, 0.05) is 18.8 Å². The molecule has 0 aromatic heterocycles. The molecule has 4 heteroatoms. The average molecular weight is 264 g/mol. The fraction of sp³-hybridized carbons (Fsp3) is 0.500. The predicted octanol–water partition coefficient (Wildman–Crippen LogP) is 2.00. The van der Waals surface area contributed by atoms with E-state index in [0.717, 1.165) is 5.56 Å². The Hall–Kier alpha value is -1.02. The summed E-state index contributed by atoms with van der Waals surface area (Å²) in [5, 5.41) is 22.3. The highest BCUT2D eigenvalue weighted by Gasteiger charge is 2.19. The SMILES string of the molecule is CSCC(C)(O)CNCC(C#N)c1ccccc1. The smallest absolute Gasteiger partial charge is 0.0837 e. The van der Waals surface area contributed by atoms with Crippen molar-refractivity contribution in [3.63, 3.8) is 0 Å². The minimum atomic E-state index is -0.726. The maximum absolute atomic E-state index is 10.0. The largest absolute Gasteiger partial charge is 0.388 e. The second kappa shape index (κ2) is 7.42. The molecule has 0 fully saturated rings. The molecule has 0 bridgehead atoms. The van der Waals surface area contributed by atoms with Crippen LogP contribution in [0.15, 0.2) is 30.3 Å². The molecular weight excluding hydrogens is 244 g/mol. The normalized spacial score (nSPS) is 15.7. The Morgan fingerprint density at radius 1 is 1.44 bits per heavy atom. The first-order valence-electron chi connectivity index (χ1n) is 5.95. The summed E-state index contributed by atoms with van der Waals surface area (Å²) < 4.78 is 0. The molecule has 1 rings (SSSR count). The number of nitriles is 1. The maximum atomic E-state index is 10.0. The summed E-state index contributed by atoms with van der Waals surface area (Å²) in [5.74, 6) is 0.513. The van der Waals surface area contributed by atoms with Crippen LogP contribution in [0.25, 0.3) is 0 Å². The van der Waals surface area contributed by atoms with E-state index in [4.69, 9.17) is 5.26 Å². The Labute approximate surface area is 113 Å². The molecule has 0 saturated carbocycles. The van der Waals surface area contributed by atoms with Gasteiger partial charge in [-0.05, 0) is 18.7 Å². The molecule has 1 aromatic rings. The van der Waals surface area contributed by atoms with Crippen LogP contribution in [-0.4, -0.2) is 35.8 Å². The molecule has 0 saturated heterocycles. The lowest BCUT2D eigenvalue weighted by atomic mass is 10.0. The third-order valence-electron chi connectivity index (χ3n) is 2.67. The van der Waals surface area contributed by atoms with E-state index in [9.17, 15) is 5.11 Å². The number of thioether (sulfide) groups is 1. The molecule has 0 heterocycles. The van der Waals surface area contributed by atoms with Crippen molar-refractivity contribution in [1.29, 1.82) is 5.26 Å². The molecule has 2 atom stereocenters. The lowest BCUT2D eigenvalue weighted by Crippen LogP contribution is -2.41. The first-order valence-corrected chi connectivity index (χ1v) is 7.35. The van der Waals surface area contributed by atoms with Gasteiger partial charge < -0.3 is 10.4 Å². The van der Waals surface area contributed by atoms with E-state index in [-0.39, 0.29) is 5.92 Å². The van der Waals surface area contributed by atoms with Gasteiger partial charge in [0.2, 0.25) is 0 Å². The summed E-state index contributed by atoms with van der Waals surface area (Å²) in [6, 6.07) is 12.0. The van der Waals surface area contributed by atoms with E-state index in [2.05, 4.69) is 11.4 Å². The van der Waals surface area contributed by atoms with Gasteiger partial charge >= 0.3 is 0 Å². The molecule has 0 radical (unpaired) electrons. The zero-order valence-corrected chi connectivity index (χ0v) is 11.7.